The van der Waals surface area contributed by atoms with Crippen LogP contribution in [0.1, 0.15) is 29.2 Å². The Morgan fingerprint density at radius 1 is 0.800 bits per heavy atom. The Labute approximate surface area is 207 Å². The highest BCUT2D eigenvalue weighted by Crippen LogP contribution is 2.38. The van der Waals surface area contributed by atoms with Gasteiger partial charge in [0.25, 0.3) is 0 Å². The number of benzene rings is 3. The van der Waals surface area contributed by atoms with Gasteiger partial charge in [0, 0.05) is 11.3 Å². The molecule has 5 rings (SSSR count). The summed E-state index contributed by atoms with van der Waals surface area (Å²) < 4.78 is 17.3. The molecule has 1 fully saturated rings. The van der Waals surface area contributed by atoms with Gasteiger partial charge in [0.15, 0.2) is 0 Å². The maximum atomic E-state index is 12.0. The Morgan fingerprint density at radius 2 is 1.43 bits per heavy atom. The van der Waals surface area contributed by atoms with Crippen molar-refractivity contribution >= 4 is 23.6 Å². The van der Waals surface area contributed by atoms with Gasteiger partial charge in [-0.1, -0.05) is 54.2 Å². The summed E-state index contributed by atoms with van der Waals surface area (Å²) in [5.41, 5.74) is 2.17. The Morgan fingerprint density at radius 3 is 2.06 bits per heavy atom. The maximum absolute atomic E-state index is 12.0. The van der Waals surface area contributed by atoms with Crippen LogP contribution in [-0.2, 0) is 22.8 Å². The number of amides is 2. The molecule has 176 valence electrons. The monoisotopic (exact) mass is 485 g/mol. The zero-order valence-corrected chi connectivity index (χ0v) is 19.6. The molecule has 0 bridgehead atoms. The standard InChI is InChI=1S/C28H23NO5S/c30-26-16-24(28(31)29-26)27-25(14-15-32-27)35-23-12-10-22(11-13-23)34-18-20-6-8-21(9-7-20)33-17-19-4-2-1-3-5-19/h1-15,24H,16-18H2,(H,29,30,31). The van der Waals surface area contributed by atoms with Crippen LogP contribution in [0.25, 0.3) is 0 Å². The summed E-state index contributed by atoms with van der Waals surface area (Å²) in [6.45, 7) is 0.982. The van der Waals surface area contributed by atoms with E-state index in [2.05, 4.69) is 5.32 Å². The fourth-order valence-corrected chi connectivity index (χ4v) is 4.67. The molecule has 7 heteroatoms. The molecule has 1 saturated heterocycles. The van der Waals surface area contributed by atoms with Crippen LogP contribution in [0, 0.1) is 0 Å². The van der Waals surface area contributed by atoms with E-state index in [0.29, 0.717) is 19.0 Å². The number of hydrogen-bond donors (Lipinski definition) is 1. The van der Waals surface area contributed by atoms with Crippen LogP contribution in [0.5, 0.6) is 11.5 Å². The molecule has 1 N–H and O–H groups in total. The lowest BCUT2D eigenvalue weighted by atomic mass is 10.1. The van der Waals surface area contributed by atoms with E-state index in [9.17, 15) is 9.59 Å². The third-order valence-corrected chi connectivity index (χ3v) is 6.64. The highest BCUT2D eigenvalue weighted by atomic mass is 32.2. The van der Waals surface area contributed by atoms with Gasteiger partial charge in [-0.3, -0.25) is 14.9 Å². The lowest BCUT2D eigenvalue weighted by Crippen LogP contribution is -2.21. The first-order valence-electron chi connectivity index (χ1n) is 11.2. The van der Waals surface area contributed by atoms with E-state index < -0.39 is 5.92 Å². The smallest absolute Gasteiger partial charge is 0.237 e. The number of hydrogen-bond acceptors (Lipinski definition) is 6. The molecule has 0 radical (unpaired) electrons. The quantitative estimate of drug-likeness (QED) is 0.306. The van der Waals surface area contributed by atoms with E-state index in [1.54, 1.807) is 6.26 Å². The highest BCUT2D eigenvalue weighted by Gasteiger charge is 2.35. The molecule has 0 spiro atoms. The fourth-order valence-electron chi connectivity index (χ4n) is 3.73. The first-order valence-corrected chi connectivity index (χ1v) is 12.0. The Kier molecular flexibility index (Phi) is 6.86. The molecule has 2 heterocycles. The third kappa shape index (κ3) is 5.75. The van der Waals surface area contributed by atoms with Crippen molar-refractivity contribution in [3.8, 4) is 11.5 Å². The largest absolute Gasteiger partial charge is 0.489 e. The van der Waals surface area contributed by atoms with E-state index in [1.807, 2.05) is 84.9 Å². The number of carbonyl (C=O) groups excluding carboxylic acids is 2. The van der Waals surface area contributed by atoms with Crippen molar-refractivity contribution in [2.24, 2.45) is 0 Å². The number of rotatable bonds is 9. The van der Waals surface area contributed by atoms with Crippen molar-refractivity contribution in [3.63, 3.8) is 0 Å². The van der Waals surface area contributed by atoms with E-state index in [-0.39, 0.29) is 18.2 Å². The van der Waals surface area contributed by atoms with Gasteiger partial charge in [-0.05, 0) is 53.6 Å². The Bertz CT molecular complexity index is 1300. The van der Waals surface area contributed by atoms with Crippen molar-refractivity contribution < 1.29 is 23.5 Å². The van der Waals surface area contributed by atoms with Gasteiger partial charge in [-0.25, -0.2) is 0 Å². The summed E-state index contributed by atoms with van der Waals surface area (Å²) in [4.78, 5) is 25.3. The van der Waals surface area contributed by atoms with Gasteiger partial charge in [0.1, 0.15) is 36.4 Å². The number of furan rings is 1. The molecule has 6 nitrogen and oxygen atoms in total. The minimum atomic E-state index is -0.572. The normalized spacial score (nSPS) is 15.1. The molecule has 1 aliphatic rings. The summed E-state index contributed by atoms with van der Waals surface area (Å²) >= 11 is 1.48. The molecule has 1 aliphatic heterocycles. The predicted molar refractivity (Wildman–Crippen MR) is 131 cm³/mol. The van der Waals surface area contributed by atoms with Crippen molar-refractivity contribution in [1.29, 1.82) is 0 Å². The lowest BCUT2D eigenvalue weighted by Gasteiger charge is -2.10. The molecule has 35 heavy (non-hydrogen) atoms. The molecule has 1 atom stereocenters. The summed E-state index contributed by atoms with van der Waals surface area (Å²) in [5, 5.41) is 2.33. The summed E-state index contributed by atoms with van der Waals surface area (Å²) in [6, 6.07) is 27.5. The van der Waals surface area contributed by atoms with Crippen molar-refractivity contribution in [2.75, 3.05) is 0 Å². The van der Waals surface area contributed by atoms with Crippen molar-refractivity contribution in [1.82, 2.24) is 5.32 Å². The number of nitrogens with one attached hydrogen (secondary N) is 1. The second-order valence-electron chi connectivity index (χ2n) is 8.10. The van der Waals surface area contributed by atoms with Gasteiger partial charge in [-0.2, -0.15) is 0 Å². The number of carbonyl (C=O) groups is 2. The van der Waals surface area contributed by atoms with E-state index in [0.717, 1.165) is 32.4 Å². The second-order valence-corrected chi connectivity index (χ2v) is 9.21. The predicted octanol–water partition coefficient (Wildman–Crippen LogP) is 5.72. The van der Waals surface area contributed by atoms with Gasteiger partial charge in [-0.15, -0.1) is 0 Å². The average molecular weight is 486 g/mol. The number of imide groups is 1. The van der Waals surface area contributed by atoms with Crippen LogP contribution in [-0.4, -0.2) is 11.8 Å². The number of ether oxygens (including phenoxy) is 2. The topological polar surface area (TPSA) is 77.8 Å². The van der Waals surface area contributed by atoms with Crippen LogP contribution in [0.15, 0.2) is 105 Å². The van der Waals surface area contributed by atoms with Gasteiger partial charge >= 0.3 is 0 Å². The molecule has 3 aromatic carbocycles. The zero-order chi connectivity index (χ0) is 24.0. The van der Waals surface area contributed by atoms with Gasteiger partial charge in [0.05, 0.1) is 11.2 Å². The van der Waals surface area contributed by atoms with Crippen LogP contribution in [0.4, 0.5) is 0 Å². The van der Waals surface area contributed by atoms with E-state index in [4.69, 9.17) is 13.9 Å². The Balaban J connectivity index is 1.13. The van der Waals surface area contributed by atoms with E-state index >= 15 is 0 Å². The first kappa shape index (κ1) is 22.8. The summed E-state index contributed by atoms with van der Waals surface area (Å²) in [5.74, 6) is 0.936. The minimum Gasteiger partial charge on any atom is -0.489 e. The minimum absolute atomic E-state index is 0.118. The second kappa shape index (κ2) is 10.5. The van der Waals surface area contributed by atoms with Crippen molar-refractivity contribution in [2.45, 2.75) is 35.3 Å². The lowest BCUT2D eigenvalue weighted by molar-refractivity contribution is -0.125. The fraction of sp³-hybridized carbons (Fsp3) is 0.143. The van der Waals surface area contributed by atoms with E-state index in [1.165, 1.54) is 11.8 Å². The third-order valence-electron chi connectivity index (χ3n) is 5.57. The molecular weight excluding hydrogens is 462 g/mol. The summed E-state index contributed by atoms with van der Waals surface area (Å²) in [6.07, 6.45) is 1.66. The van der Waals surface area contributed by atoms with Crippen LogP contribution < -0.4 is 14.8 Å². The molecule has 0 aliphatic carbocycles. The Hall–Kier alpha value is -3.97. The molecule has 1 aromatic heterocycles. The average Bonchev–Trinajstić information content (AvgIpc) is 3.48. The summed E-state index contributed by atoms with van der Waals surface area (Å²) in [7, 11) is 0. The highest BCUT2D eigenvalue weighted by molar-refractivity contribution is 7.99. The molecule has 0 saturated carbocycles. The zero-order valence-electron chi connectivity index (χ0n) is 18.8. The van der Waals surface area contributed by atoms with Crippen molar-refractivity contribution in [3.05, 3.63) is 108 Å². The molecule has 1 unspecified atom stereocenters. The van der Waals surface area contributed by atoms with Gasteiger partial charge < -0.3 is 13.9 Å². The molecule has 4 aromatic rings. The van der Waals surface area contributed by atoms with Crippen LogP contribution in [0.3, 0.4) is 0 Å². The molecule has 2 amide bonds. The van der Waals surface area contributed by atoms with Crippen LogP contribution in [0.2, 0.25) is 0 Å². The van der Waals surface area contributed by atoms with Gasteiger partial charge in [0.2, 0.25) is 11.8 Å². The maximum Gasteiger partial charge on any atom is 0.237 e. The first-order chi connectivity index (χ1) is 17.1. The molecular formula is C28H23NO5S. The van der Waals surface area contributed by atoms with Crippen LogP contribution >= 0.6 is 11.8 Å². The SMILES string of the molecule is O=C1CC(c2occc2Sc2ccc(OCc3ccc(OCc4ccccc4)cc3)cc2)C(=O)N1.